The predicted molar refractivity (Wildman–Crippen MR) is 72.1 cm³/mol. The van der Waals surface area contributed by atoms with E-state index in [1.165, 1.54) is 37.9 Å². The Hall–Kier alpha value is -0.220. The van der Waals surface area contributed by atoms with E-state index in [1.807, 2.05) is 23.9 Å². The van der Waals surface area contributed by atoms with E-state index in [0.717, 1.165) is 16.0 Å². The molecule has 0 aromatic carbocycles. The number of hydrogen-bond donors (Lipinski definition) is 0. The lowest BCUT2D eigenvalue weighted by molar-refractivity contribution is 0.516. The molecule has 1 saturated carbocycles. The van der Waals surface area contributed by atoms with Crippen molar-refractivity contribution in [1.82, 2.24) is 10.2 Å². The van der Waals surface area contributed by atoms with Crippen molar-refractivity contribution in [3.63, 3.8) is 0 Å². The van der Waals surface area contributed by atoms with E-state index < -0.39 is 0 Å². The van der Waals surface area contributed by atoms with Crippen molar-refractivity contribution in [3.05, 3.63) is 18.3 Å². The van der Waals surface area contributed by atoms with Crippen LogP contribution >= 0.6 is 23.5 Å². The van der Waals surface area contributed by atoms with Crippen LogP contribution in [-0.4, -0.2) is 27.0 Å². The molecule has 0 radical (unpaired) electrons. The van der Waals surface area contributed by atoms with Crippen LogP contribution in [0.5, 0.6) is 0 Å². The summed E-state index contributed by atoms with van der Waals surface area (Å²) in [7, 11) is 0. The van der Waals surface area contributed by atoms with Gasteiger partial charge in [0.05, 0.1) is 0 Å². The van der Waals surface area contributed by atoms with Crippen LogP contribution < -0.4 is 0 Å². The summed E-state index contributed by atoms with van der Waals surface area (Å²) in [6, 6.07) is 3.98. The summed E-state index contributed by atoms with van der Waals surface area (Å²) >= 11 is 3.96. The van der Waals surface area contributed by atoms with Crippen LogP contribution in [0.2, 0.25) is 0 Å². The van der Waals surface area contributed by atoms with Gasteiger partial charge >= 0.3 is 0 Å². The van der Waals surface area contributed by atoms with Crippen LogP contribution in [-0.2, 0) is 0 Å². The van der Waals surface area contributed by atoms with Gasteiger partial charge in [-0.15, -0.1) is 16.9 Å². The van der Waals surface area contributed by atoms with E-state index in [4.69, 9.17) is 0 Å². The van der Waals surface area contributed by atoms with Gasteiger partial charge in [-0.05, 0) is 25.0 Å². The molecule has 0 saturated heterocycles. The van der Waals surface area contributed by atoms with E-state index in [1.54, 1.807) is 6.20 Å². The lowest BCUT2D eigenvalue weighted by Crippen LogP contribution is -2.09. The van der Waals surface area contributed by atoms with Crippen LogP contribution in [0.15, 0.2) is 23.4 Å². The molecule has 0 spiro atoms. The second-order valence-electron chi connectivity index (χ2n) is 4.04. The Kier molecular flexibility index (Phi) is 5.49. The molecule has 16 heavy (non-hydrogen) atoms. The maximum absolute atomic E-state index is 4.07. The Bertz CT molecular complexity index is 286. The highest BCUT2D eigenvalue weighted by Crippen LogP contribution is 2.29. The Morgan fingerprint density at radius 1 is 1.19 bits per heavy atom. The minimum Gasteiger partial charge on any atom is -0.158 e. The third-order valence-corrected chi connectivity index (χ3v) is 5.35. The fourth-order valence-corrected chi connectivity index (χ4v) is 4.16. The van der Waals surface area contributed by atoms with Crippen molar-refractivity contribution in [2.24, 2.45) is 0 Å². The Balaban J connectivity index is 1.58. The average molecular weight is 254 g/mol. The van der Waals surface area contributed by atoms with Gasteiger partial charge in [-0.25, -0.2) is 0 Å². The van der Waals surface area contributed by atoms with Gasteiger partial charge in [0, 0.05) is 23.0 Å². The van der Waals surface area contributed by atoms with Gasteiger partial charge in [0.1, 0.15) is 5.03 Å². The number of nitrogens with zero attached hydrogens (tertiary/aromatic N) is 2. The molecule has 0 bridgehead atoms. The topological polar surface area (TPSA) is 25.8 Å². The fourth-order valence-electron chi connectivity index (χ4n) is 1.96. The first kappa shape index (κ1) is 12.2. The number of aromatic nitrogens is 2. The molecular weight excluding hydrogens is 236 g/mol. The molecule has 1 aliphatic rings. The van der Waals surface area contributed by atoms with Crippen molar-refractivity contribution >= 4 is 23.5 Å². The number of thioether (sulfide) groups is 2. The molecule has 4 heteroatoms. The minimum atomic E-state index is 0.927. The SMILES string of the molecule is c1cnnc(SCCSC2CCCCC2)c1. The fraction of sp³-hybridized carbons (Fsp3) is 0.667. The lowest BCUT2D eigenvalue weighted by atomic mass is 10.0. The summed E-state index contributed by atoms with van der Waals surface area (Å²) in [6.45, 7) is 0. The monoisotopic (exact) mass is 254 g/mol. The molecule has 2 nitrogen and oxygen atoms in total. The van der Waals surface area contributed by atoms with Crippen LogP contribution in [0.4, 0.5) is 0 Å². The van der Waals surface area contributed by atoms with Crippen LogP contribution in [0, 0.1) is 0 Å². The second kappa shape index (κ2) is 7.17. The third-order valence-electron chi connectivity index (χ3n) is 2.79. The molecule has 1 aliphatic carbocycles. The summed E-state index contributed by atoms with van der Waals surface area (Å²) in [5.41, 5.74) is 0. The van der Waals surface area contributed by atoms with Gasteiger partial charge < -0.3 is 0 Å². The molecule has 0 unspecified atom stereocenters. The average Bonchev–Trinajstić information content (AvgIpc) is 2.37. The molecular formula is C12H18N2S2. The molecule has 0 aliphatic heterocycles. The zero-order valence-electron chi connectivity index (χ0n) is 9.47. The van der Waals surface area contributed by atoms with E-state index in [9.17, 15) is 0 Å². The largest absolute Gasteiger partial charge is 0.158 e. The Morgan fingerprint density at radius 3 is 2.81 bits per heavy atom. The Labute approximate surface area is 106 Å². The number of rotatable bonds is 5. The first-order valence-electron chi connectivity index (χ1n) is 5.97. The summed E-state index contributed by atoms with van der Waals surface area (Å²) in [6.07, 6.45) is 8.91. The van der Waals surface area contributed by atoms with Gasteiger partial charge in [-0.1, -0.05) is 19.3 Å². The van der Waals surface area contributed by atoms with Crippen molar-refractivity contribution in [2.75, 3.05) is 11.5 Å². The zero-order chi connectivity index (χ0) is 11.1. The van der Waals surface area contributed by atoms with Crippen LogP contribution in [0.1, 0.15) is 32.1 Å². The molecule has 1 heterocycles. The van der Waals surface area contributed by atoms with Crippen molar-refractivity contribution < 1.29 is 0 Å². The van der Waals surface area contributed by atoms with E-state index >= 15 is 0 Å². The van der Waals surface area contributed by atoms with Crippen molar-refractivity contribution in [1.29, 1.82) is 0 Å². The molecule has 1 fully saturated rings. The molecule has 1 aromatic rings. The molecule has 0 atom stereocenters. The molecule has 2 rings (SSSR count). The van der Waals surface area contributed by atoms with E-state index in [-0.39, 0.29) is 0 Å². The summed E-state index contributed by atoms with van der Waals surface area (Å²) < 4.78 is 0. The highest BCUT2D eigenvalue weighted by atomic mass is 32.2. The maximum Gasteiger partial charge on any atom is 0.119 e. The van der Waals surface area contributed by atoms with Gasteiger partial charge in [0.2, 0.25) is 0 Å². The quantitative estimate of drug-likeness (QED) is 0.592. The first-order chi connectivity index (χ1) is 7.95. The van der Waals surface area contributed by atoms with E-state index in [2.05, 4.69) is 22.0 Å². The summed E-state index contributed by atoms with van der Waals surface area (Å²) in [4.78, 5) is 0. The molecule has 0 N–H and O–H groups in total. The minimum absolute atomic E-state index is 0.927. The first-order valence-corrected chi connectivity index (χ1v) is 8.01. The highest BCUT2D eigenvalue weighted by Gasteiger charge is 2.12. The van der Waals surface area contributed by atoms with Crippen LogP contribution in [0.25, 0.3) is 0 Å². The molecule has 1 aromatic heterocycles. The van der Waals surface area contributed by atoms with E-state index in [0.29, 0.717) is 0 Å². The second-order valence-corrected chi connectivity index (χ2v) is 6.56. The normalized spacial score (nSPS) is 17.5. The highest BCUT2D eigenvalue weighted by molar-refractivity contribution is 8.03. The summed E-state index contributed by atoms with van der Waals surface area (Å²) in [5, 5.41) is 9.92. The lowest BCUT2D eigenvalue weighted by Gasteiger charge is -2.20. The van der Waals surface area contributed by atoms with Crippen molar-refractivity contribution in [2.45, 2.75) is 42.4 Å². The maximum atomic E-state index is 4.07. The molecule has 88 valence electrons. The predicted octanol–water partition coefficient (Wildman–Crippen LogP) is 3.63. The van der Waals surface area contributed by atoms with Crippen LogP contribution in [0.3, 0.4) is 0 Å². The van der Waals surface area contributed by atoms with Gasteiger partial charge in [0.25, 0.3) is 0 Å². The standard InChI is InChI=1S/C12H18N2S2/c1-2-5-11(6-3-1)15-9-10-16-12-7-4-8-13-14-12/h4,7-8,11H,1-3,5-6,9-10H2. The smallest absolute Gasteiger partial charge is 0.119 e. The number of hydrogen-bond acceptors (Lipinski definition) is 4. The molecule has 0 amide bonds. The Morgan fingerprint density at radius 2 is 2.06 bits per heavy atom. The third kappa shape index (κ3) is 4.34. The van der Waals surface area contributed by atoms with Crippen molar-refractivity contribution in [3.8, 4) is 0 Å². The van der Waals surface area contributed by atoms with Gasteiger partial charge in [-0.3, -0.25) is 0 Å². The summed E-state index contributed by atoms with van der Waals surface area (Å²) in [5.74, 6) is 2.39. The van der Waals surface area contributed by atoms with Gasteiger partial charge in [-0.2, -0.15) is 16.9 Å². The van der Waals surface area contributed by atoms with Gasteiger partial charge in [0.15, 0.2) is 0 Å². The zero-order valence-corrected chi connectivity index (χ0v) is 11.1.